The van der Waals surface area contributed by atoms with Crippen molar-refractivity contribution >= 4 is 23.2 Å². The number of likely N-dealkylation sites (tertiary alicyclic amines) is 1. The number of hydrogen-bond donors (Lipinski definition) is 2. The number of benzene rings is 1. The molecule has 1 amide bonds. The number of halogens is 1. The molecular weight excluding hydrogens is 358 g/mol. The molecule has 0 spiro atoms. The Morgan fingerprint density at radius 3 is 2.88 bits per heavy atom. The number of amides is 1. The molecule has 3 rings (SSSR count). The number of nitrogen functional groups attached to an aromatic ring is 1. The SMILES string of the molecule is COCCCN1CCC(NC(=O)c2cc(Cl)c(N)c3c2OCC3)CC1.O. The van der Waals surface area contributed by atoms with Crippen molar-refractivity contribution in [3.8, 4) is 5.75 Å². The molecule has 0 unspecified atom stereocenters. The Balaban J connectivity index is 0.00000243. The van der Waals surface area contributed by atoms with E-state index >= 15 is 0 Å². The molecule has 2 aliphatic rings. The van der Waals surface area contributed by atoms with Gasteiger partial charge >= 0.3 is 0 Å². The minimum Gasteiger partial charge on any atom is -0.492 e. The van der Waals surface area contributed by atoms with Crippen LogP contribution in [0.4, 0.5) is 5.69 Å². The topological polar surface area (TPSA) is 108 Å². The number of rotatable bonds is 6. The molecule has 5 N–H and O–H groups in total. The number of nitrogens with one attached hydrogen (secondary N) is 1. The molecule has 7 nitrogen and oxygen atoms in total. The number of hydrogen-bond acceptors (Lipinski definition) is 5. The first-order valence-corrected chi connectivity index (χ1v) is 9.23. The highest BCUT2D eigenvalue weighted by atomic mass is 35.5. The molecule has 1 aromatic carbocycles. The molecule has 0 bridgehead atoms. The van der Waals surface area contributed by atoms with Gasteiger partial charge in [0.1, 0.15) is 5.75 Å². The lowest BCUT2D eigenvalue weighted by atomic mass is 10.0. The lowest BCUT2D eigenvalue weighted by Crippen LogP contribution is -2.45. The van der Waals surface area contributed by atoms with Crippen molar-refractivity contribution in [1.29, 1.82) is 0 Å². The van der Waals surface area contributed by atoms with Gasteiger partial charge in [0.15, 0.2) is 0 Å². The van der Waals surface area contributed by atoms with E-state index in [4.69, 9.17) is 26.8 Å². The van der Waals surface area contributed by atoms with Crippen molar-refractivity contribution in [2.75, 3.05) is 45.7 Å². The smallest absolute Gasteiger partial charge is 0.255 e. The van der Waals surface area contributed by atoms with E-state index in [2.05, 4.69) is 10.2 Å². The third-order valence-corrected chi connectivity index (χ3v) is 5.27. The molecule has 2 heterocycles. The van der Waals surface area contributed by atoms with Crippen molar-refractivity contribution in [3.63, 3.8) is 0 Å². The Kier molecular flexibility index (Phi) is 7.52. The predicted molar refractivity (Wildman–Crippen MR) is 102 cm³/mol. The third kappa shape index (κ3) is 4.59. The number of fused-ring (bicyclic) bond motifs is 1. The lowest BCUT2D eigenvalue weighted by Gasteiger charge is -2.32. The summed E-state index contributed by atoms with van der Waals surface area (Å²) in [7, 11) is 1.73. The van der Waals surface area contributed by atoms with E-state index in [1.807, 2.05) is 0 Å². The van der Waals surface area contributed by atoms with Crippen molar-refractivity contribution < 1.29 is 19.7 Å². The summed E-state index contributed by atoms with van der Waals surface area (Å²) in [5.74, 6) is 0.467. The van der Waals surface area contributed by atoms with E-state index in [1.54, 1.807) is 13.2 Å². The number of ether oxygens (including phenoxy) is 2. The number of piperidine rings is 1. The van der Waals surface area contributed by atoms with Crippen LogP contribution in [0.3, 0.4) is 0 Å². The molecule has 0 aromatic heterocycles. The highest BCUT2D eigenvalue weighted by Gasteiger charge is 2.27. The van der Waals surface area contributed by atoms with Crippen LogP contribution in [0, 0.1) is 0 Å². The summed E-state index contributed by atoms with van der Waals surface area (Å²) in [5.41, 5.74) is 7.86. The normalized spacial score (nSPS) is 17.3. The van der Waals surface area contributed by atoms with E-state index in [9.17, 15) is 4.79 Å². The molecule has 1 saturated heterocycles. The molecule has 0 aliphatic carbocycles. The monoisotopic (exact) mass is 385 g/mol. The summed E-state index contributed by atoms with van der Waals surface area (Å²) in [6.07, 6.45) is 3.64. The van der Waals surface area contributed by atoms with Crippen LogP contribution in [0.25, 0.3) is 0 Å². The fourth-order valence-electron chi connectivity index (χ4n) is 3.53. The maximum absolute atomic E-state index is 12.7. The zero-order valence-electron chi connectivity index (χ0n) is 15.1. The number of carbonyl (C=O) groups excluding carboxylic acids is 1. The Morgan fingerprint density at radius 2 is 2.19 bits per heavy atom. The Bertz CT molecular complexity index is 633. The molecule has 0 atom stereocenters. The van der Waals surface area contributed by atoms with Gasteiger partial charge in [-0.2, -0.15) is 0 Å². The van der Waals surface area contributed by atoms with Crippen molar-refractivity contribution in [2.45, 2.75) is 31.7 Å². The van der Waals surface area contributed by atoms with Crippen LogP contribution in [0.15, 0.2) is 6.07 Å². The number of nitrogens with two attached hydrogens (primary N) is 1. The highest BCUT2D eigenvalue weighted by Crippen LogP contribution is 2.38. The van der Waals surface area contributed by atoms with Crippen LogP contribution in [0.5, 0.6) is 5.75 Å². The van der Waals surface area contributed by atoms with Gasteiger partial charge in [-0.15, -0.1) is 0 Å². The summed E-state index contributed by atoms with van der Waals surface area (Å²) in [4.78, 5) is 15.1. The average Bonchev–Trinajstić information content (AvgIpc) is 3.10. The van der Waals surface area contributed by atoms with Crippen LogP contribution in [0.1, 0.15) is 35.2 Å². The molecule has 26 heavy (non-hydrogen) atoms. The summed E-state index contributed by atoms with van der Waals surface area (Å²) >= 11 is 6.19. The average molecular weight is 386 g/mol. The van der Waals surface area contributed by atoms with Gasteiger partial charge in [-0.1, -0.05) is 11.6 Å². The zero-order chi connectivity index (χ0) is 17.8. The van der Waals surface area contributed by atoms with Crippen LogP contribution in [0.2, 0.25) is 5.02 Å². The van der Waals surface area contributed by atoms with Crippen LogP contribution < -0.4 is 15.8 Å². The number of anilines is 1. The molecule has 146 valence electrons. The van der Waals surface area contributed by atoms with Gasteiger partial charge in [0.2, 0.25) is 0 Å². The van der Waals surface area contributed by atoms with E-state index in [0.29, 0.717) is 35.1 Å². The fraction of sp³-hybridized carbons (Fsp3) is 0.611. The van der Waals surface area contributed by atoms with Gasteiger partial charge in [0.25, 0.3) is 5.91 Å². The van der Waals surface area contributed by atoms with E-state index in [1.165, 1.54) is 0 Å². The third-order valence-electron chi connectivity index (χ3n) is 4.96. The lowest BCUT2D eigenvalue weighted by molar-refractivity contribution is 0.0904. The maximum Gasteiger partial charge on any atom is 0.255 e. The maximum atomic E-state index is 12.7. The zero-order valence-corrected chi connectivity index (χ0v) is 15.9. The van der Waals surface area contributed by atoms with E-state index in [-0.39, 0.29) is 17.4 Å². The Labute approximate surface area is 159 Å². The molecule has 1 fully saturated rings. The van der Waals surface area contributed by atoms with Gasteiger partial charge in [-0.05, 0) is 25.3 Å². The van der Waals surface area contributed by atoms with E-state index < -0.39 is 0 Å². The van der Waals surface area contributed by atoms with Crippen molar-refractivity contribution in [2.24, 2.45) is 0 Å². The van der Waals surface area contributed by atoms with Crippen molar-refractivity contribution in [1.82, 2.24) is 10.2 Å². The Morgan fingerprint density at radius 1 is 1.46 bits per heavy atom. The van der Waals surface area contributed by atoms with E-state index in [0.717, 1.165) is 51.1 Å². The first-order chi connectivity index (χ1) is 12.1. The summed E-state index contributed by atoms with van der Waals surface area (Å²) in [6.45, 7) is 4.36. The van der Waals surface area contributed by atoms with Gasteiger partial charge in [-0.3, -0.25) is 4.79 Å². The van der Waals surface area contributed by atoms with Crippen molar-refractivity contribution in [3.05, 3.63) is 22.2 Å². The predicted octanol–water partition coefficient (Wildman–Crippen LogP) is 1.26. The molecule has 8 heteroatoms. The number of nitrogens with zero attached hydrogens (tertiary/aromatic N) is 1. The quantitative estimate of drug-likeness (QED) is 0.566. The highest BCUT2D eigenvalue weighted by molar-refractivity contribution is 6.33. The molecule has 2 aliphatic heterocycles. The standard InChI is InChI=1S/C18H26ClN3O3.H2O/c1-24-9-2-6-22-7-3-12(4-8-22)21-18(23)14-11-15(19)16(20)13-5-10-25-17(13)14;/h11-12H,2-10,20H2,1H3,(H,21,23);1H2. The van der Waals surface area contributed by atoms with Gasteiger partial charge in [0.05, 0.1) is 22.9 Å². The Hall–Kier alpha value is -1.54. The molecule has 1 aromatic rings. The summed E-state index contributed by atoms with van der Waals surface area (Å²) < 4.78 is 10.7. The number of carbonyl (C=O) groups is 1. The fourth-order valence-corrected chi connectivity index (χ4v) is 3.76. The second-order valence-electron chi connectivity index (χ2n) is 6.66. The van der Waals surface area contributed by atoms with Gasteiger partial charge in [-0.25, -0.2) is 0 Å². The molecule has 0 saturated carbocycles. The largest absolute Gasteiger partial charge is 0.492 e. The van der Waals surface area contributed by atoms with Gasteiger partial charge < -0.3 is 30.9 Å². The summed E-state index contributed by atoms with van der Waals surface area (Å²) in [5, 5.41) is 3.55. The first-order valence-electron chi connectivity index (χ1n) is 8.86. The van der Waals surface area contributed by atoms with Gasteiger partial charge in [0, 0.05) is 51.4 Å². The molecule has 0 radical (unpaired) electrons. The van der Waals surface area contributed by atoms with Crippen LogP contribution in [-0.4, -0.2) is 62.3 Å². The minimum atomic E-state index is -0.127. The summed E-state index contributed by atoms with van der Waals surface area (Å²) in [6, 6.07) is 1.80. The molecular formula is C18H28ClN3O4. The van der Waals surface area contributed by atoms with Crippen LogP contribution in [-0.2, 0) is 11.2 Å². The minimum absolute atomic E-state index is 0. The first kappa shape index (κ1) is 20.8. The van der Waals surface area contributed by atoms with Crippen LogP contribution >= 0.6 is 11.6 Å². The second kappa shape index (κ2) is 9.41. The number of methoxy groups -OCH3 is 1. The second-order valence-corrected chi connectivity index (χ2v) is 7.07.